The van der Waals surface area contributed by atoms with Crippen LogP contribution in [0.4, 0.5) is 0 Å². The molecule has 6 heteroatoms. The standard InChI is InChI=1S/C20H25NO3S2/c1-15(16-11-7-5-8-12-16)21-18(20(2,3)4)19(26(21,23)24)25(22)17-13-9-6-10-14-17/h5-15,18-19H,1-4H3/t15-,18+,19+,25+/m0/s1. The molecular weight excluding hydrogens is 366 g/mol. The van der Waals surface area contributed by atoms with E-state index in [1.165, 1.54) is 0 Å². The third kappa shape index (κ3) is 3.26. The molecule has 0 N–H and O–H groups in total. The molecule has 0 bridgehead atoms. The van der Waals surface area contributed by atoms with Gasteiger partial charge in [0.15, 0.2) is 4.58 Å². The van der Waals surface area contributed by atoms with E-state index in [-0.39, 0.29) is 17.5 Å². The molecule has 0 aliphatic carbocycles. The fourth-order valence-electron chi connectivity index (χ4n) is 3.55. The fourth-order valence-corrected chi connectivity index (χ4v) is 8.83. The zero-order valence-electron chi connectivity index (χ0n) is 15.5. The number of nitrogens with zero attached hydrogens (tertiary/aromatic N) is 1. The quantitative estimate of drug-likeness (QED) is 0.793. The summed E-state index contributed by atoms with van der Waals surface area (Å²) in [7, 11) is -5.27. The topological polar surface area (TPSA) is 54.5 Å². The van der Waals surface area contributed by atoms with E-state index in [9.17, 15) is 12.6 Å². The molecule has 3 rings (SSSR count). The Balaban J connectivity index is 2.01. The van der Waals surface area contributed by atoms with Gasteiger partial charge in [-0.2, -0.15) is 4.31 Å². The Kier molecular flexibility index (Phi) is 5.12. The van der Waals surface area contributed by atoms with E-state index in [0.29, 0.717) is 4.90 Å². The first-order valence-electron chi connectivity index (χ1n) is 8.68. The molecule has 0 aromatic heterocycles. The van der Waals surface area contributed by atoms with Crippen LogP contribution in [0.5, 0.6) is 0 Å². The van der Waals surface area contributed by atoms with Crippen molar-refractivity contribution < 1.29 is 12.6 Å². The highest BCUT2D eigenvalue weighted by Gasteiger charge is 2.62. The third-order valence-corrected chi connectivity index (χ3v) is 9.50. The summed E-state index contributed by atoms with van der Waals surface area (Å²) in [6.07, 6.45) is 0. The van der Waals surface area contributed by atoms with Crippen LogP contribution in [0, 0.1) is 5.41 Å². The van der Waals surface area contributed by atoms with Crippen molar-refractivity contribution in [1.29, 1.82) is 0 Å². The predicted octanol–water partition coefficient (Wildman–Crippen LogP) is 3.94. The van der Waals surface area contributed by atoms with Crippen molar-refractivity contribution in [2.75, 3.05) is 0 Å². The third-order valence-electron chi connectivity index (χ3n) is 4.86. The maximum absolute atomic E-state index is 13.2. The van der Waals surface area contributed by atoms with Crippen LogP contribution < -0.4 is 0 Å². The first-order chi connectivity index (χ1) is 12.2. The van der Waals surface area contributed by atoms with Gasteiger partial charge in [0.05, 0.1) is 16.8 Å². The molecular formula is C20H25NO3S2. The second kappa shape index (κ2) is 6.91. The average Bonchev–Trinajstić information content (AvgIpc) is 2.60. The van der Waals surface area contributed by atoms with Gasteiger partial charge < -0.3 is 0 Å². The van der Waals surface area contributed by atoms with E-state index in [4.69, 9.17) is 0 Å². The summed E-state index contributed by atoms with van der Waals surface area (Å²) in [6, 6.07) is 17.8. The van der Waals surface area contributed by atoms with E-state index in [2.05, 4.69) is 0 Å². The van der Waals surface area contributed by atoms with Gasteiger partial charge in [-0.1, -0.05) is 69.3 Å². The molecule has 0 spiro atoms. The van der Waals surface area contributed by atoms with E-state index < -0.39 is 25.4 Å². The van der Waals surface area contributed by atoms with Crippen LogP contribution in [0.1, 0.15) is 39.3 Å². The van der Waals surface area contributed by atoms with Crippen molar-refractivity contribution in [2.45, 2.75) is 49.3 Å². The second-order valence-corrected chi connectivity index (χ2v) is 11.6. The van der Waals surface area contributed by atoms with Gasteiger partial charge in [-0.15, -0.1) is 0 Å². The molecule has 1 aliphatic heterocycles. The summed E-state index contributed by atoms with van der Waals surface area (Å²) in [5, 5.41) is 0. The maximum Gasteiger partial charge on any atom is 0.231 e. The summed E-state index contributed by atoms with van der Waals surface area (Å²) in [6.45, 7) is 7.91. The van der Waals surface area contributed by atoms with Gasteiger partial charge in [-0.3, -0.25) is 4.21 Å². The van der Waals surface area contributed by atoms with Crippen LogP contribution in [-0.4, -0.2) is 27.6 Å². The Bertz CT molecular complexity index is 890. The Morgan fingerprint density at radius 2 is 1.46 bits per heavy atom. The van der Waals surface area contributed by atoms with Gasteiger partial charge in [0, 0.05) is 10.9 Å². The molecule has 0 unspecified atom stereocenters. The van der Waals surface area contributed by atoms with Gasteiger partial charge >= 0.3 is 0 Å². The van der Waals surface area contributed by atoms with Crippen LogP contribution in [0.2, 0.25) is 0 Å². The summed E-state index contributed by atoms with van der Waals surface area (Å²) in [4.78, 5) is 0.558. The Morgan fingerprint density at radius 1 is 0.962 bits per heavy atom. The molecule has 1 fully saturated rings. The molecule has 4 nitrogen and oxygen atoms in total. The Labute approximate surface area is 158 Å². The van der Waals surface area contributed by atoms with Crippen LogP contribution in [0.3, 0.4) is 0 Å². The Morgan fingerprint density at radius 3 is 1.96 bits per heavy atom. The lowest BCUT2D eigenvalue weighted by molar-refractivity contribution is 0.120. The lowest BCUT2D eigenvalue weighted by Gasteiger charge is -2.54. The Hall–Kier alpha value is -1.50. The van der Waals surface area contributed by atoms with Crippen molar-refractivity contribution in [3.63, 3.8) is 0 Å². The SMILES string of the molecule is C[C@@H](c1ccccc1)N1[C@@H](C(C)(C)C)[C@H]([S@](=O)c2ccccc2)S1(=O)=O. The molecule has 1 heterocycles. The van der Waals surface area contributed by atoms with Crippen molar-refractivity contribution in [3.05, 3.63) is 66.2 Å². The molecule has 140 valence electrons. The first-order valence-corrected chi connectivity index (χ1v) is 11.4. The van der Waals surface area contributed by atoms with Crippen molar-refractivity contribution in [3.8, 4) is 0 Å². The monoisotopic (exact) mass is 391 g/mol. The van der Waals surface area contributed by atoms with Gasteiger partial charge in [0.1, 0.15) is 0 Å². The van der Waals surface area contributed by atoms with Crippen LogP contribution in [-0.2, 0) is 20.8 Å². The molecule has 4 atom stereocenters. The minimum Gasteiger partial charge on any atom is -0.253 e. The number of rotatable bonds is 4. The van der Waals surface area contributed by atoms with E-state index in [1.54, 1.807) is 28.6 Å². The normalized spacial score (nSPS) is 25.2. The van der Waals surface area contributed by atoms with Crippen molar-refractivity contribution in [1.82, 2.24) is 4.31 Å². The minimum atomic E-state index is -3.66. The number of benzene rings is 2. The summed E-state index contributed by atoms with van der Waals surface area (Å²) in [5.74, 6) is 0. The first kappa shape index (κ1) is 19.3. The number of hydrogen-bond acceptors (Lipinski definition) is 3. The van der Waals surface area contributed by atoms with Crippen LogP contribution in [0.25, 0.3) is 0 Å². The lowest BCUT2D eigenvalue weighted by atomic mass is 9.86. The molecule has 1 saturated heterocycles. The zero-order chi connectivity index (χ0) is 19.1. The van der Waals surface area contributed by atoms with Crippen LogP contribution in [0.15, 0.2) is 65.6 Å². The largest absolute Gasteiger partial charge is 0.253 e. The van der Waals surface area contributed by atoms with Crippen molar-refractivity contribution in [2.24, 2.45) is 5.41 Å². The van der Waals surface area contributed by atoms with Crippen molar-refractivity contribution >= 4 is 20.8 Å². The fraction of sp³-hybridized carbons (Fsp3) is 0.400. The highest BCUT2D eigenvalue weighted by atomic mass is 32.3. The van der Waals surface area contributed by atoms with E-state index >= 15 is 0 Å². The van der Waals surface area contributed by atoms with Gasteiger partial charge in [0.25, 0.3) is 0 Å². The zero-order valence-corrected chi connectivity index (χ0v) is 17.1. The summed E-state index contributed by atoms with van der Waals surface area (Å²) < 4.78 is 40.1. The predicted molar refractivity (Wildman–Crippen MR) is 105 cm³/mol. The summed E-state index contributed by atoms with van der Waals surface area (Å²) in [5.41, 5.74) is 0.609. The maximum atomic E-state index is 13.2. The highest BCUT2D eigenvalue weighted by molar-refractivity contribution is 8.06. The molecule has 2 aromatic rings. The van der Waals surface area contributed by atoms with E-state index in [1.807, 2.05) is 64.1 Å². The molecule has 1 aliphatic rings. The average molecular weight is 392 g/mol. The molecule has 0 radical (unpaired) electrons. The molecule has 26 heavy (non-hydrogen) atoms. The molecule has 2 aromatic carbocycles. The number of hydrogen-bond donors (Lipinski definition) is 0. The van der Waals surface area contributed by atoms with Gasteiger partial charge in [0.2, 0.25) is 10.0 Å². The second-order valence-electron chi connectivity index (χ2n) is 7.75. The highest BCUT2D eigenvalue weighted by Crippen LogP contribution is 2.48. The molecule has 0 amide bonds. The lowest BCUT2D eigenvalue weighted by Crippen LogP contribution is -2.69. The number of sulfonamides is 1. The van der Waals surface area contributed by atoms with E-state index in [0.717, 1.165) is 5.56 Å². The van der Waals surface area contributed by atoms with Crippen LogP contribution >= 0.6 is 0 Å². The summed E-state index contributed by atoms with van der Waals surface area (Å²) >= 11 is 0. The van der Waals surface area contributed by atoms with Gasteiger partial charge in [-0.05, 0) is 30.0 Å². The minimum absolute atomic E-state index is 0.297. The smallest absolute Gasteiger partial charge is 0.231 e. The van der Waals surface area contributed by atoms with Gasteiger partial charge in [-0.25, -0.2) is 8.42 Å². The molecule has 0 saturated carbocycles.